The molecule has 0 atom stereocenters. The first-order valence-corrected chi connectivity index (χ1v) is 9.25. The van der Waals surface area contributed by atoms with Crippen LogP contribution in [0.15, 0.2) is 35.2 Å². The van der Waals surface area contributed by atoms with Gasteiger partial charge in [-0.2, -0.15) is 10.3 Å². The first kappa shape index (κ1) is 16.3. The van der Waals surface area contributed by atoms with E-state index < -0.39 is 0 Å². The summed E-state index contributed by atoms with van der Waals surface area (Å²) in [6, 6.07) is 10.4. The lowest BCUT2D eigenvalue weighted by molar-refractivity contribution is 0.0341. The molecule has 1 saturated heterocycles. The lowest BCUT2D eigenvalue weighted by Gasteiger charge is -2.27. The number of pyridine rings is 1. The zero-order valence-corrected chi connectivity index (χ0v) is 14.6. The minimum absolute atomic E-state index is 0.463. The van der Waals surface area contributed by atoms with Gasteiger partial charge in [0, 0.05) is 30.3 Å². The van der Waals surface area contributed by atoms with Gasteiger partial charge >= 0.3 is 0 Å². The monoisotopic (exact) mass is 356 g/mol. The van der Waals surface area contributed by atoms with Crippen LogP contribution in [-0.2, 0) is 17.0 Å². The van der Waals surface area contributed by atoms with E-state index in [-0.39, 0.29) is 0 Å². The van der Waals surface area contributed by atoms with Crippen LogP contribution in [0.25, 0.3) is 11.2 Å². The van der Waals surface area contributed by atoms with Gasteiger partial charge in [-0.05, 0) is 17.2 Å². The second kappa shape index (κ2) is 7.38. The maximum absolute atomic E-state index is 5.88. The van der Waals surface area contributed by atoms with Crippen molar-refractivity contribution in [2.75, 3.05) is 32.0 Å². The fourth-order valence-electron chi connectivity index (χ4n) is 2.94. The van der Waals surface area contributed by atoms with E-state index in [2.05, 4.69) is 49.6 Å². The van der Waals surface area contributed by atoms with Crippen LogP contribution in [0.4, 0.5) is 5.82 Å². The summed E-state index contributed by atoms with van der Waals surface area (Å²) in [6.07, 6.45) is 0. The van der Waals surface area contributed by atoms with E-state index in [4.69, 9.17) is 10.5 Å². The van der Waals surface area contributed by atoms with Crippen LogP contribution in [0.1, 0.15) is 11.1 Å². The Hall–Kier alpha value is -2.16. The standard InChI is InChI=1S/C17H20N6OS/c18-15-9-14(16-17(19-15)21-22-20-16)25-11-13-4-2-1-3-12(13)10-23-5-7-24-8-6-23/h1-4,9H,5-8,10-11H2,(H3,18,19,20,21,22). The van der Waals surface area contributed by atoms with Gasteiger partial charge in [0.05, 0.1) is 13.2 Å². The highest BCUT2D eigenvalue weighted by Gasteiger charge is 2.14. The highest BCUT2D eigenvalue weighted by Crippen LogP contribution is 2.30. The second-order valence-corrected chi connectivity index (χ2v) is 7.00. The van der Waals surface area contributed by atoms with Crippen LogP contribution in [0.2, 0.25) is 0 Å². The Morgan fingerprint density at radius 1 is 1.16 bits per heavy atom. The molecule has 0 radical (unpaired) electrons. The fraction of sp³-hybridized carbons (Fsp3) is 0.353. The minimum atomic E-state index is 0.463. The molecule has 0 spiro atoms. The Morgan fingerprint density at radius 3 is 2.80 bits per heavy atom. The molecule has 1 fully saturated rings. The van der Waals surface area contributed by atoms with E-state index in [1.54, 1.807) is 11.8 Å². The predicted octanol–water partition coefficient (Wildman–Crippen LogP) is 2.06. The number of fused-ring (bicyclic) bond motifs is 1. The number of benzene rings is 1. The lowest BCUT2D eigenvalue weighted by Crippen LogP contribution is -2.35. The van der Waals surface area contributed by atoms with E-state index in [9.17, 15) is 0 Å². The number of rotatable bonds is 5. The SMILES string of the molecule is Nc1cc(SCc2ccccc2CN2CCOCC2)c2n[nH]nc2n1. The molecule has 0 saturated carbocycles. The molecule has 0 bridgehead atoms. The average Bonchev–Trinajstić information content (AvgIpc) is 3.10. The molecule has 3 N–H and O–H groups in total. The number of ether oxygens (including phenoxy) is 1. The molecule has 8 heteroatoms. The van der Waals surface area contributed by atoms with Crippen LogP contribution < -0.4 is 5.73 Å². The predicted molar refractivity (Wildman–Crippen MR) is 98.2 cm³/mol. The molecule has 1 aromatic carbocycles. The van der Waals surface area contributed by atoms with E-state index in [1.165, 1.54) is 11.1 Å². The van der Waals surface area contributed by atoms with Crippen molar-refractivity contribution in [1.82, 2.24) is 25.3 Å². The second-order valence-electron chi connectivity index (χ2n) is 5.99. The number of nitrogens with zero attached hydrogens (tertiary/aromatic N) is 4. The van der Waals surface area contributed by atoms with Crippen LogP contribution in [0.5, 0.6) is 0 Å². The molecule has 25 heavy (non-hydrogen) atoms. The van der Waals surface area contributed by atoms with Gasteiger partial charge in [0.2, 0.25) is 5.65 Å². The molecule has 1 aliphatic rings. The Kier molecular flexibility index (Phi) is 4.82. The highest BCUT2D eigenvalue weighted by atomic mass is 32.2. The van der Waals surface area contributed by atoms with E-state index in [1.807, 2.05) is 6.07 Å². The summed E-state index contributed by atoms with van der Waals surface area (Å²) in [6.45, 7) is 4.57. The van der Waals surface area contributed by atoms with Crippen LogP contribution >= 0.6 is 11.8 Å². The van der Waals surface area contributed by atoms with Crippen molar-refractivity contribution in [3.8, 4) is 0 Å². The van der Waals surface area contributed by atoms with Crippen molar-refractivity contribution in [3.63, 3.8) is 0 Å². The van der Waals surface area contributed by atoms with Gasteiger partial charge in [0.1, 0.15) is 11.3 Å². The number of thioether (sulfide) groups is 1. The van der Waals surface area contributed by atoms with Crippen LogP contribution in [0, 0.1) is 0 Å². The Labute approximate surface area is 149 Å². The van der Waals surface area contributed by atoms with Crippen LogP contribution in [-0.4, -0.2) is 51.6 Å². The zero-order chi connectivity index (χ0) is 17.1. The summed E-state index contributed by atoms with van der Waals surface area (Å²) in [5, 5.41) is 10.8. The molecule has 0 aliphatic carbocycles. The summed E-state index contributed by atoms with van der Waals surface area (Å²) in [7, 11) is 0. The molecule has 2 aromatic heterocycles. The van der Waals surface area contributed by atoms with Gasteiger partial charge in [0.25, 0.3) is 0 Å². The fourth-order valence-corrected chi connectivity index (χ4v) is 4.01. The number of hydrogen-bond donors (Lipinski definition) is 2. The van der Waals surface area contributed by atoms with Gasteiger partial charge in [-0.3, -0.25) is 4.90 Å². The molecule has 1 aliphatic heterocycles. The number of aromatic amines is 1. The maximum atomic E-state index is 5.88. The molecule has 130 valence electrons. The van der Waals surface area contributed by atoms with Gasteiger partial charge in [-0.1, -0.05) is 24.3 Å². The first-order chi connectivity index (χ1) is 12.3. The maximum Gasteiger partial charge on any atom is 0.204 e. The van der Waals surface area contributed by atoms with Gasteiger partial charge in [-0.25, -0.2) is 4.98 Å². The molecular formula is C17H20N6OS. The molecule has 7 nitrogen and oxygen atoms in total. The molecular weight excluding hydrogens is 336 g/mol. The van der Waals surface area contributed by atoms with Gasteiger partial charge < -0.3 is 10.5 Å². The largest absolute Gasteiger partial charge is 0.384 e. The highest BCUT2D eigenvalue weighted by molar-refractivity contribution is 7.98. The molecule has 3 heterocycles. The van der Waals surface area contributed by atoms with E-state index in [0.29, 0.717) is 11.5 Å². The summed E-state index contributed by atoms with van der Waals surface area (Å²) in [5.41, 5.74) is 9.89. The van der Waals surface area contributed by atoms with E-state index in [0.717, 1.165) is 49.0 Å². The summed E-state index contributed by atoms with van der Waals surface area (Å²) < 4.78 is 5.44. The smallest absolute Gasteiger partial charge is 0.204 e. The molecule has 3 aromatic rings. The molecule has 4 rings (SSSR count). The van der Waals surface area contributed by atoms with Gasteiger partial charge in [-0.15, -0.1) is 16.9 Å². The Bertz CT molecular complexity index is 861. The number of nitrogens with two attached hydrogens (primary N) is 1. The number of hydrogen-bond acceptors (Lipinski definition) is 7. The van der Waals surface area contributed by atoms with Crippen molar-refractivity contribution in [2.24, 2.45) is 0 Å². The summed E-state index contributed by atoms with van der Waals surface area (Å²) >= 11 is 1.71. The number of nitrogen functional groups attached to an aromatic ring is 1. The number of morpholine rings is 1. The zero-order valence-electron chi connectivity index (χ0n) is 13.8. The minimum Gasteiger partial charge on any atom is -0.384 e. The number of nitrogens with one attached hydrogen (secondary N) is 1. The average molecular weight is 356 g/mol. The van der Waals surface area contributed by atoms with Crippen molar-refractivity contribution in [2.45, 2.75) is 17.2 Å². The first-order valence-electron chi connectivity index (χ1n) is 8.26. The normalized spacial score (nSPS) is 15.7. The third kappa shape index (κ3) is 3.76. The third-order valence-electron chi connectivity index (χ3n) is 4.28. The van der Waals surface area contributed by atoms with Crippen molar-refractivity contribution >= 4 is 28.7 Å². The van der Waals surface area contributed by atoms with Gasteiger partial charge in [0.15, 0.2) is 0 Å². The molecule has 0 amide bonds. The summed E-state index contributed by atoms with van der Waals surface area (Å²) in [4.78, 5) is 7.62. The van der Waals surface area contributed by atoms with Crippen molar-refractivity contribution < 1.29 is 4.74 Å². The third-order valence-corrected chi connectivity index (χ3v) is 5.35. The lowest BCUT2D eigenvalue weighted by atomic mass is 10.1. The van der Waals surface area contributed by atoms with Crippen molar-refractivity contribution in [1.29, 1.82) is 0 Å². The summed E-state index contributed by atoms with van der Waals surface area (Å²) in [5.74, 6) is 1.32. The number of H-pyrrole nitrogens is 1. The Morgan fingerprint density at radius 2 is 1.96 bits per heavy atom. The van der Waals surface area contributed by atoms with Crippen LogP contribution in [0.3, 0.4) is 0 Å². The van der Waals surface area contributed by atoms with E-state index >= 15 is 0 Å². The quantitative estimate of drug-likeness (QED) is 0.676. The molecule has 0 unspecified atom stereocenters. The Balaban J connectivity index is 1.51. The topological polar surface area (TPSA) is 92.9 Å². The number of aromatic nitrogens is 4. The van der Waals surface area contributed by atoms with Crippen molar-refractivity contribution in [3.05, 3.63) is 41.5 Å². The number of anilines is 1.